The van der Waals surface area contributed by atoms with E-state index in [2.05, 4.69) is 16.0 Å². The second-order valence-electron chi connectivity index (χ2n) is 10.9. The molecule has 1 fully saturated rings. The van der Waals surface area contributed by atoms with Crippen LogP contribution in [0.4, 0.5) is 4.79 Å². The number of aliphatic hydroxyl groups is 1. The largest absolute Gasteiger partial charge is 0.389 e. The number of hydrogen-bond acceptors (Lipinski definition) is 6. The average molecular weight is 525 g/mol. The quantitative estimate of drug-likeness (QED) is 0.357. The van der Waals surface area contributed by atoms with Crippen LogP contribution < -0.4 is 16.0 Å². The Bertz CT molecular complexity index is 1010. The normalized spacial score (nSPS) is 19.2. The third kappa shape index (κ3) is 10.1. The molecule has 1 aromatic rings. The maximum atomic E-state index is 13.0. The number of benzene rings is 1. The van der Waals surface area contributed by atoms with E-state index >= 15 is 0 Å². The number of aliphatic hydroxyl groups excluding tert-OH is 1. The van der Waals surface area contributed by atoms with Gasteiger partial charge in [0.1, 0.15) is 11.8 Å². The molecule has 3 atom stereocenters. The van der Waals surface area contributed by atoms with E-state index in [1.54, 1.807) is 0 Å². The first-order chi connectivity index (χ1) is 16.6. The van der Waals surface area contributed by atoms with Gasteiger partial charge in [0.2, 0.25) is 11.8 Å². The van der Waals surface area contributed by atoms with Gasteiger partial charge >= 0.3 is 6.03 Å². The molecule has 11 heteroatoms. The zero-order valence-electron chi connectivity index (χ0n) is 21.8. The molecule has 0 spiro atoms. The van der Waals surface area contributed by atoms with Gasteiger partial charge in [-0.3, -0.25) is 9.59 Å². The van der Waals surface area contributed by atoms with Crippen LogP contribution in [-0.4, -0.2) is 84.6 Å². The molecule has 36 heavy (non-hydrogen) atoms. The molecule has 1 aromatic carbocycles. The smallest absolute Gasteiger partial charge is 0.317 e. The molecule has 1 aliphatic rings. The summed E-state index contributed by atoms with van der Waals surface area (Å²) < 4.78 is 24.0. The van der Waals surface area contributed by atoms with Crippen molar-refractivity contribution in [3.63, 3.8) is 0 Å². The number of carbonyl (C=O) groups is 3. The first-order valence-corrected chi connectivity index (χ1v) is 14.1. The Hall–Kier alpha value is -2.66. The molecular formula is C25H40N4O6S. The minimum absolute atomic E-state index is 0.0399. The molecule has 1 aliphatic heterocycles. The Kier molecular flexibility index (Phi) is 10.3. The van der Waals surface area contributed by atoms with Crippen LogP contribution in [0.25, 0.3) is 0 Å². The second kappa shape index (κ2) is 12.5. The van der Waals surface area contributed by atoms with Gasteiger partial charge in [0.15, 0.2) is 9.84 Å². The van der Waals surface area contributed by atoms with Gasteiger partial charge in [0.05, 0.1) is 24.4 Å². The summed E-state index contributed by atoms with van der Waals surface area (Å²) >= 11 is 0. The fraction of sp³-hybridized carbons (Fsp3) is 0.640. The van der Waals surface area contributed by atoms with E-state index in [0.717, 1.165) is 12.0 Å². The van der Waals surface area contributed by atoms with Gasteiger partial charge in [-0.1, -0.05) is 44.2 Å². The summed E-state index contributed by atoms with van der Waals surface area (Å²) in [6, 6.07) is 6.82. The van der Waals surface area contributed by atoms with Crippen LogP contribution in [-0.2, 0) is 25.8 Å². The van der Waals surface area contributed by atoms with Crippen molar-refractivity contribution in [1.82, 2.24) is 20.9 Å². The van der Waals surface area contributed by atoms with Crippen molar-refractivity contribution in [1.29, 1.82) is 0 Å². The van der Waals surface area contributed by atoms with E-state index in [1.165, 1.54) is 4.90 Å². The molecule has 202 valence electrons. The predicted molar refractivity (Wildman–Crippen MR) is 138 cm³/mol. The number of nitrogens with zero attached hydrogens (tertiary/aromatic N) is 1. The topological polar surface area (TPSA) is 145 Å². The highest BCUT2D eigenvalue weighted by Gasteiger charge is 2.36. The highest BCUT2D eigenvalue weighted by atomic mass is 32.2. The molecule has 0 bridgehead atoms. The molecule has 0 aliphatic carbocycles. The van der Waals surface area contributed by atoms with E-state index in [1.807, 2.05) is 65.0 Å². The maximum absolute atomic E-state index is 13.0. The Labute approximate surface area is 214 Å². The fourth-order valence-corrected chi connectivity index (χ4v) is 5.15. The van der Waals surface area contributed by atoms with Gasteiger partial charge in [0.25, 0.3) is 0 Å². The molecule has 3 unspecified atom stereocenters. The summed E-state index contributed by atoms with van der Waals surface area (Å²) in [5, 5.41) is 19.3. The molecule has 4 N–H and O–H groups in total. The molecule has 0 saturated carbocycles. The zero-order chi connectivity index (χ0) is 27.1. The number of carbonyl (C=O) groups excluding carboxylic acids is 3. The van der Waals surface area contributed by atoms with Gasteiger partial charge in [-0.25, -0.2) is 13.2 Å². The Balaban J connectivity index is 2.23. The number of urea groups is 1. The average Bonchev–Trinajstić information content (AvgIpc) is 2.73. The van der Waals surface area contributed by atoms with Crippen LogP contribution in [0.5, 0.6) is 0 Å². The third-order valence-corrected chi connectivity index (χ3v) is 7.21. The fourth-order valence-electron chi connectivity index (χ4n) is 3.81. The van der Waals surface area contributed by atoms with Crippen molar-refractivity contribution in [2.45, 2.75) is 71.2 Å². The standard InChI is InChI=1S/C25H40N4O6S/c1-17(2)11-12-29(24(33)28-25(3,4)5)14-21(30)19(13-18-9-7-6-8-10-18)27-23(32)20-15-36(34,35)16-22(31)26-20/h6-10,17,19-21,30H,11-16H2,1-5H3,(H,26,31)(H,27,32)(H,28,33). The maximum Gasteiger partial charge on any atom is 0.317 e. The van der Waals surface area contributed by atoms with E-state index in [0.29, 0.717) is 12.5 Å². The summed E-state index contributed by atoms with van der Waals surface area (Å²) in [5.41, 5.74) is 0.371. The van der Waals surface area contributed by atoms with Gasteiger partial charge in [-0.05, 0) is 45.1 Å². The first-order valence-electron chi connectivity index (χ1n) is 12.2. The Morgan fingerprint density at radius 1 is 1.19 bits per heavy atom. The number of sulfone groups is 1. The van der Waals surface area contributed by atoms with E-state index < -0.39 is 56.9 Å². The van der Waals surface area contributed by atoms with E-state index in [4.69, 9.17) is 0 Å². The van der Waals surface area contributed by atoms with Gasteiger partial charge in [0, 0.05) is 12.1 Å². The van der Waals surface area contributed by atoms with Crippen molar-refractivity contribution in [2.75, 3.05) is 24.6 Å². The monoisotopic (exact) mass is 524 g/mol. The lowest BCUT2D eigenvalue weighted by Gasteiger charge is -2.33. The second-order valence-corrected chi connectivity index (χ2v) is 13.0. The molecule has 2 rings (SSSR count). The number of amides is 4. The van der Waals surface area contributed by atoms with Crippen molar-refractivity contribution in [3.05, 3.63) is 35.9 Å². The minimum atomic E-state index is -3.70. The SMILES string of the molecule is CC(C)CCN(CC(O)C(Cc1ccccc1)NC(=O)C1CS(=O)(=O)CC(=O)N1)C(=O)NC(C)(C)C. The molecule has 4 amide bonds. The summed E-state index contributed by atoms with van der Waals surface area (Å²) in [6.07, 6.45) is -0.172. The highest BCUT2D eigenvalue weighted by Crippen LogP contribution is 2.12. The summed E-state index contributed by atoms with van der Waals surface area (Å²) in [6.45, 7) is 10.1. The minimum Gasteiger partial charge on any atom is -0.389 e. The summed E-state index contributed by atoms with van der Waals surface area (Å²) in [4.78, 5) is 39.3. The Morgan fingerprint density at radius 2 is 1.83 bits per heavy atom. The predicted octanol–water partition coefficient (Wildman–Crippen LogP) is 0.844. The number of rotatable bonds is 10. The van der Waals surface area contributed by atoms with Crippen LogP contribution in [0, 0.1) is 5.92 Å². The lowest BCUT2D eigenvalue weighted by Crippen LogP contribution is -2.60. The van der Waals surface area contributed by atoms with Crippen LogP contribution in [0.1, 0.15) is 46.6 Å². The van der Waals surface area contributed by atoms with Crippen LogP contribution >= 0.6 is 0 Å². The zero-order valence-corrected chi connectivity index (χ0v) is 22.6. The summed E-state index contributed by atoms with van der Waals surface area (Å²) in [7, 11) is -3.70. The molecule has 10 nitrogen and oxygen atoms in total. The molecule has 1 saturated heterocycles. The van der Waals surface area contributed by atoms with Crippen LogP contribution in [0.2, 0.25) is 0 Å². The molecule has 0 aromatic heterocycles. The molecule has 1 heterocycles. The third-order valence-electron chi connectivity index (χ3n) is 5.67. The van der Waals surface area contributed by atoms with Crippen molar-refractivity contribution in [3.8, 4) is 0 Å². The lowest BCUT2D eigenvalue weighted by atomic mass is 10.00. The van der Waals surface area contributed by atoms with E-state index in [-0.39, 0.29) is 19.0 Å². The first kappa shape index (κ1) is 29.6. The Morgan fingerprint density at radius 3 is 2.39 bits per heavy atom. The van der Waals surface area contributed by atoms with Crippen molar-refractivity contribution < 1.29 is 27.9 Å². The van der Waals surface area contributed by atoms with Crippen molar-refractivity contribution in [2.24, 2.45) is 5.92 Å². The highest BCUT2D eigenvalue weighted by molar-refractivity contribution is 7.92. The van der Waals surface area contributed by atoms with Gasteiger partial charge < -0.3 is 26.0 Å². The van der Waals surface area contributed by atoms with Crippen LogP contribution in [0.3, 0.4) is 0 Å². The molecular weight excluding hydrogens is 484 g/mol. The van der Waals surface area contributed by atoms with E-state index in [9.17, 15) is 27.9 Å². The molecule has 0 radical (unpaired) electrons. The van der Waals surface area contributed by atoms with Crippen molar-refractivity contribution >= 4 is 27.7 Å². The van der Waals surface area contributed by atoms with Crippen LogP contribution in [0.15, 0.2) is 30.3 Å². The van der Waals surface area contributed by atoms with Gasteiger partial charge in [-0.15, -0.1) is 0 Å². The summed E-state index contributed by atoms with van der Waals surface area (Å²) in [5.74, 6) is -2.25. The number of nitrogens with one attached hydrogen (secondary N) is 3. The lowest BCUT2D eigenvalue weighted by molar-refractivity contribution is -0.128. The van der Waals surface area contributed by atoms with Gasteiger partial charge in [-0.2, -0.15) is 0 Å². The number of hydrogen-bond donors (Lipinski definition) is 4.